The fraction of sp³-hybridized carbons (Fsp3) is 0.350. The summed E-state index contributed by atoms with van der Waals surface area (Å²) < 4.78 is 5.44. The average Bonchev–Trinajstić information content (AvgIpc) is 2.63. The van der Waals surface area contributed by atoms with Crippen molar-refractivity contribution in [2.24, 2.45) is 0 Å². The van der Waals surface area contributed by atoms with E-state index >= 15 is 0 Å². The van der Waals surface area contributed by atoms with Crippen LogP contribution in [0.2, 0.25) is 0 Å². The molecule has 1 aliphatic rings. The summed E-state index contributed by atoms with van der Waals surface area (Å²) in [7, 11) is 0. The van der Waals surface area contributed by atoms with Gasteiger partial charge in [0.05, 0.1) is 0 Å². The Hall–Kier alpha value is -2.69. The minimum absolute atomic E-state index is 0.0510. The Bertz CT molecular complexity index is 752. The third-order valence-corrected chi connectivity index (χ3v) is 4.55. The van der Waals surface area contributed by atoms with Crippen molar-refractivity contribution in [3.8, 4) is 11.5 Å². The highest BCUT2D eigenvalue weighted by Gasteiger charge is 2.22. The molecular formula is C20H24N2O3. The molecule has 1 N–H and O–H groups in total. The minimum Gasteiger partial charge on any atom is -0.504 e. The molecule has 0 saturated carbocycles. The van der Waals surface area contributed by atoms with Gasteiger partial charge >= 0.3 is 0 Å². The Kier molecular flexibility index (Phi) is 5.12. The standard InChI is InChI=1S/C20H24N2O3/c1-15-7-8-16(2)17(13-15)21-9-11-22(12-10-21)20(24)14-25-19-6-4-3-5-18(19)23/h3-8,13,23H,9-12,14H2,1-2H3. The average molecular weight is 340 g/mol. The van der Waals surface area contributed by atoms with Crippen LogP contribution in [-0.4, -0.2) is 48.7 Å². The molecule has 1 fully saturated rings. The van der Waals surface area contributed by atoms with Crippen LogP contribution in [0.15, 0.2) is 42.5 Å². The third kappa shape index (κ3) is 4.05. The summed E-state index contributed by atoms with van der Waals surface area (Å²) in [5.41, 5.74) is 3.75. The zero-order valence-corrected chi connectivity index (χ0v) is 14.7. The summed E-state index contributed by atoms with van der Waals surface area (Å²) in [6.07, 6.45) is 0. The lowest BCUT2D eigenvalue weighted by Gasteiger charge is -2.37. The van der Waals surface area contributed by atoms with Crippen LogP contribution in [0.1, 0.15) is 11.1 Å². The molecule has 0 aliphatic carbocycles. The Labute approximate surface area is 148 Å². The molecule has 1 amide bonds. The molecule has 5 heteroatoms. The maximum atomic E-state index is 12.3. The molecule has 0 spiro atoms. The minimum atomic E-state index is -0.0545. The van der Waals surface area contributed by atoms with Crippen molar-refractivity contribution in [1.82, 2.24) is 4.90 Å². The second kappa shape index (κ2) is 7.47. The summed E-state index contributed by atoms with van der Waals surface area (Å²) in [6.45, 7) is 7.14. The second-order valence-corrected chi connectivity index (χ2v) is 6.41. The van der Waals surface area contributed by atoms with Crippen molar-refractivity contribution in [2.75, 3.05) is 37.7 Å². The van der Waals surface area contributed by atoms with E-state index in [-0.39, 0.29) is 18.3 Å². The number of amides is 1. The first-order chi connectivity index (χ1) is 12.0. The van der Waals surface area contributed by atoms with Gasteiger partial charge in [0.25, 0.3) is 5.91 Å². The molecule has 0 radical (unpaired) electrons. The number of benzene rings is 2. The van der Waals surface area contributed by atoms with E-state index in [4.69, 9.17) is 4.74 Å². The van der Waals surface area contributed by atoms with Gasteiger partial charge in [-0.25, -0.2) is 0 Å². The van der Waals surface area contributed by atoms with Gasteiger partial charge in [-0.3, -0.25) is 4.79 Å². The lowest BCUT2D eigenvalue weighted by molar-refractivity contribution is -0.133. The molecule has 3 rings (SSSR count). The number of phenolic OH excluding ortho intramolecular Hbond substituents is 1. The van der Waals surface area contributed by atoms with Crippen LogP contribution in [0.4, 0.5) is 5.69 Å². The Morgan fingerprint density at radius 3 is 2.52 bits per heavy atom. The Morgan fingerprint density at radius 2 is 1.80 bits per heavy atom. The van der Waals surface area contributed by atoms with Gasteiger partial charge in [-0.2, -0.15) is 0 Å². The zero-order chi connectivity index (χ0) is 17.8. The molecule has 0 atom stereocenters. The number of ether oxygens (including phenoxy) is 1. The van der Waals surface area contributed by atoms with Gasteiger partial charge in [-0.05, 0) is 43.2 Å². The number of carbonyl (C=O) groups is 1. The van der Waals surface area contributed by atoms with Crippen molar-refractivity contribution in [3.63, 3.8) is 0 Å². The van der Waals surface area contributed by atoms with E-state index < -0.39 is 0 Å². The predicted molar refractivity (Wildman–Crippen MR) is 98.3 cm³/mol. The molecule has 0 aromatic heterocycles. The van der Waals surface area contributed by atoms with E-state index in [0.29, 0.717) is 18.8 Å². The predicted octanol–water partition coefficient (Wildman–Crippen LogP) is 2.74. The number of carbonyl (C=O) groups excluding carboxylic acids is 1. The second-order valence-electron chi connectivity index (χ2n) is 6.41. The first-order valence-corrected chi connectivity index (χ1v) is 8.55. The summed E-state index contributed by atoms with van der Waals surface area (Å²) in [4.78, 5) is 16.5. The van der Waals surface area contributed by atoms with E-state index in [1.807, 2.05) is 4.90 Å². The number of para-hydroxylation sites is 2. The van der Waals surface area contributed by atoms with Crippen LogP contribution in [0.5, 0.6) is 11.5 Å². The van der Waals surface area contributed by atoms with Gasteiger partial charge in [-0.15, -0.1) is 0 Å². The number of hydrogen-bond donors (Lipinski definition) is 1. The molecule has 1 saturated heterocycles. The first-order valence-electron chi connectivity index (χ1n) is 8.55. The highest BCUT2D eigenvalue weighted by molar-refractivity contribution is 5.78. The van der Waals surface area contributed by atoms with Crippen LogP contribution in [0.25, 0.3) is 0 Å². The van der Waals surface area contributed by atoms with Crippen LogP contribution < -0.4 is 9.64 Å². The number of piperazine rings is 1. The SMILES string of the molecule is Cc1ccc(C)c(N2CCN(C(=O)COc3ccccc3O)CC2)c1. The Balaban J connectivity index is 1.54. The molecule has 1 heterocycles. The number of phenols is 1. The fourth-order valence-electron chi connectivity index (χ4n) is 3.07. The maximum Gasteiger partial charge on any atom is 0.260 e. The van der Waals surface area contributed by atoms with Crippen LogP contribution in [-0.2, 0) is 4.79 Å². The van der Waals surface area contributed by atoms with E-state index in [0.717, 1.165) is 13.1 Å². The largest absolute Gasteiger partial charge is 0.504 e. The lowest BCUT2D eigenvalue weighted by atomic mass is 10.1. The van der Waals surface area contributed by atoms with Gasteiger partial charge in [0.1, 0.15) is 0 Å². The third-order valence-electron chi connectivity index (χ3n) is 4.55. The molecule has 132 valence electrons. The summed E-state index contributed by atoms with van der Waals surface area (Å²) >= 11 is 0. The van der Waals surface area contributed by atoms with Crippen molar-refractivity contribution in [2.45, 2.75) is 13.8 Å². The highest BCUT2D eigenvalue weighted by atomic mass is 16.5. The van der Waals surface area contributed by atoms with Crippen LogP contribution in [0.3, 0.4) is 0 Å². The van der Waals surface area contributed by atoms with Gasteiger partial charge in [0, 0.05) is 31.9 Å². The molecule has 5 nitrogen and oxygen atoms in total. The summed E-state index contributed by atoms with van der Waals surface area (Å²) in [5, 5.41) is 9.69. The number of rotatable bonds is 4. The highest BCUT2D eigenvalue weighted by Crippen LogP contribution is 2.25. The zero-order valence-electron chi connectivity index (χ0n) is 14.7. The van der Waals surface area contributed by atoms with Crippen molar-refractivity contribution in [1.29, 1.82) is 0 Å². The molecule has 0 unspecified atom stereocenters. The molecular weight excluding hydrogens is 316 g/mol. The molecule has 2 aromatic rings. The fourth-order valence-corrected chi connectivity index (χ4v) is 3.07. The molecule has 1 aliphatic heterocycles. The van der Waals surface area contributed by atoms with Gasteiger partial charge < -0.3 is 19.6 Å². The van der Waals surface area contributed by atoms with Crippen molar-refractivity contribution < 1.29 is 14.6 Å². The number of aromatic hydroxyl groups is 1. The first kappa shape index (κ1) is 17.1. The number of aryl methyl sites for hydroxylation is 2. The lowest BCUT2D eigenvalue weighted by Crippen LogP contribution is -2.50. The van der Waals surface area contributed by atoms with Crippen molar-refractivity contribution in [3.05, 3.63) is 53.6 Å². The van der Waals surface area contributed by atoms with Crippen LogP contribution >= 0.6 is 0 Å². The topological polar surface area (TPSA) is 53.0 Å². The maximum absolute atomic E-state index is 12.3. The summed E-state index contributed by atoms with van der Waals surface area (Å²) in [6, 6.07) is 13.1. The quantitative estimate of drug-likeness (QED) is 0.930. The van der Waals surface area contributed by atoms with E-state index in [1.54, 1.807) is 24.3 Å². The molecule has 2 aromatic carbocycles. The van der Waals surface area contributed by atoms with E-state index in [2.05, 4.69) is 36.9 Å². The van der Waals surface area contributed by atoms with Crippen LogP contribution in [0, 0.1) is 13.8 Å². The van der Waals surface area contributed by atoms with Gasteiger partial charge in [0.15, 0.2) is 18.1 Å². The van der Waals surface area contributed by atoms with E-state index in [1.165, 1.54) is 16.8 Å². The number of hydrogen-bond acceptors (Lipinski definition) is 4. The summed E-state index contributed by atoms with van der Waals surface area (Å²) in [5.74, 6) is 0.337. The van der Waals surface area contributed by atoms with Gasteiger partial charge in [-0.1, -0.05) is 24.3 Å². The molecule has 25 heavy (non-hydrogen) atoms. The Morgan fingerprint density at radius 1 is 1.08 bits per heavy atom. The number of anilines is 1. The normalized spacial score (nSPS) is 14.5. The number of nitrogens with zero attached hydrogens (tertiary/aromatic N) is 2. The van der Waals surface area contributed by atoms with Gasteiger partial charge in [0.2, 0.25) is 0 Å². The molecule has 0 bridgehead atoms. The monoisotopic (exact) mass is 340 g/mol. The smallest absolute Gasteiger partial charge is 0.260 e. The van der Waals surface area contributed by atoms with E-state index in [9.17, 15) is 9.90 Å². The van der Waals surface area contributed by atoms with Crippen molar-refractivity contribution >= 4 is 11.6 Å².